The SMILES string of the molecule is N#CCc1nc(OC(F)(F)F)c(CCl)cc1I. The normalized spacial score (nSPS) is 11.1. The number of hydrogen-bond acceptors (Lipinski definition) is 3. The molecule has 0 unspecified atom stereocenters. The zero-order chi connectivity index (χ0) is 13.1. The molecule has 0 saturated heterocycles. The third-order valence-corrected chi connectivity index (χ3v) is 2.91. The lowest BCUT2D eigenvalue weighted by Gasteiger charge is -2.12. The second kappa shape index (κ2) is 5.73. The molecule has 3 nitrogen and oxygen atoms in total. The fraction of sp³-hybridized carbons (Fsp3) is 0.333. The Morgan fingerprint density at radius 1 is 1.53 bits per heavy atom. The molecule has 0 bridgehead atoms. The molecular weight excluding hydrogens is 371 g/mol. The van der Waals surface area contributed by atoms with Crippen molar-refractivity contribution in [2.24, 2.45) is 0 Å². The summed E-state index contributed by atoms with van der Waals surface area (Å²) in [5, 5.41) is 8.51. The van der Waals surface area contributed by atoms with E-state index in [1.54, 1.807) is 0 Å². The average molecular weight is 377 g/mol. The van der Waals surface area contributed by atoms with Crippen LogP contribution in [0.25, 0.3) is 0 Å². The van der Waals surface area contributed by atoms with Crippen LogP contribution < -0.4 is 4.74 Å². The van der Waals surface area contributed by atoms with Crippen molar-refractivity contribution in [1.29, 1.82) is 5.26 Å². The average Bonchev–Trinajstić information content (AvgIpc) is 2.20. The highest BCUT2D eigenvalue weighted by molar-refractivity contribution is 14.1. The topological polar surface area (TPSA) is 45.9 Å². The van der Waals surface area contributed by atoms with E-state index in [4.69, 9.17) is 16.9 Å². The van der Waals surface area contributed by atoms with Crippen LogP contribution in [0.1, 0.15) is 11.3 Å². The Balaban J connectivity index is 3.18. The van der Waals surface area contributed by atoms with E-state index in [1.165, 1.54) is 6.07 Å². The molecule has 0 fully saturated rings. The van der Waals surface area contributed by atoms with Crippen molar-refractivity contribution < 1.29 is 17.9 Å². The molecule has 0 aromatic carbocycles. The number of alkyl halides is 4. The molecule has 0 saturated carbocycles. The summed E-state index contributed by atoms with van der Waals surface area (Å²) < 4.78 is 40.6. The predicted octanol–water partition coefficient (Wildman–Crippen LogP) is 3.39. The molecule has 92 valence electrons. The van der Waals surface area contributed by atoms with Crippen LogP contribution in [-0.4, -0.2) is 11.3 Å². The van der Waals surface area contributed by atoms with Gasteiger partial charge in [0.15, 0.2) is 0 Å². The third kappa shape index (κ3) is 4.20. The van der Waals surface area contributed by atoms with Gasteiger partial charge in [0.2, 0.25) is 5.88 Å². The van der Waals surface area contributed by atoms with E-state index in [0.29, 0.717) is 3.57 Å². The number of nitrogens with zero attached hydrogens (tertiary/aromatic N) is 2. The summed E-state index contributed by atoms with van der Waals surface area (Å²) in [6, 6.07) is 3.24. The van der Waals surface area contributed by atoms with Gasteiger partial charge in [-0.05, 0) is 28.7 Å². The number of nitriles is 1. The molecule has 0 atom stereocenters. The molecule has 0 radical (unpaired) electrons. The quantitative estimate of drug-likeness (QED) is 0.600. The van der Waals surface area contributed by atoms with Crippen molar-refractivity contribution in [1.82, 2.24) is 4.98 Å². The minimum Gasteiger partial charge on any atom is -0.388 e. The predicted molar refractivity (Wildman–Crippen MR) is 62.5 cm³/mol. The van der Waals surface area contributed by atoms with Crippen LogP contribution in [0, 0.1) is 14.9 Å². The highest BCUT2D eigenvalue weighted by atomic mass is 127. The minimum atomic E-state index is -4.83. The van der Waals surface area contributed by atoms with Gasteiger partial charge in [-0.25, -0.2) is 4.98 Å². The van der Waals surface area contributed by atoms with E-state index in [9.17, 15) is 13.2 Å². The minimum absolute atomic E-state index is 0.0882. The number of ether oxygens (including phenoxy) is 1. The Morgan fingerprint density at radius 3 is 2.65 bits per heavy atom. The smallest absolute Gasteiger partial charge is 0.388 e. The van der Waals surface area contributed by atoms with Crippen LogP contribution in [0.15, 0.2) is 6.07 Å². The van der Waals surface area contributed by atoms with Crippen molar-refractivity contribution in [3.8, 4) is 11.9 Å². The number of halogens is 5. The molecule has 1 aromatic heterocycles. The molecule has 0 aliphatic rings. The second-order valence-electron chi connectivity index (χ2n) is 2.90. The monoisotopic (exact) mass is 376 g/mol. The van der Waals surface area contributed by atoms with Crippen LogP contribution in [0.4, 0.5) is 13.2 Å². The zero-order valence-electron chi connectivity index (χ0n) is 8.18. The Morgan fingerprint density at radius 2 is 2.18 bits per heavy atom. The van der Waals surface area contributed by atoms with Gasteiger partial charge in [-0.1, -0.05) is 0 Å². The first-order valence-electron chi connectivity index (χ1n) is 4.24. The van der Waals surface area contributed by atoms with E-state index in [2.05, 4.69) is 9.72 Å². The van der Waals surface area contributed by atoms with Gasteiger partial charge in [0.05, 0.1) is 24.1 Å². The fourth-order valence-corrected chi connectivity index (χ4v) is 1.92. The Kier molecular flexibility index (Phi) is 4.82. The van der Waals surface area contributed by atoms with Crippen LogP contribution in [0.5, 0.6) is 5.88 Å². The third-order valence-electron chi connectivity index (χ3n) is 1.69. The Hall–Kier alpha value is -0.750. The largest absolute Gasteiger partial charge is 0.574 e. The van der Waals surface area contributed by atoms with Gasteiger partial charge >= 0.3 is 6.36 Å². The van der Waals surface area contributed by atoms with E-state index in [-0.39, 0.29) is 23.6 Å². The maximum atomic E-state index is 12.1. The summed E-state index contributed by atoms with van der Waals surface area (Å²) in [7, 11) is 0. The first kappa shape index (κ1) is 14.3. The summed E-state index contributed by atoms with van der Waals surface area (Å²) in [4.78, 5) is 3.66. The van der Waals surface area contributed by atoms with E-state index in [1.807, 2.05) is 28.7 Å². The lowest BCUT2D eigenvalue weighted by atomic mass is 10.2. The van der Waals surface area contributed by atoms with Crippen LogP contribution >= 0.6 is 34.2 Å². The molecule has 17 heavy (non-hydrogen) atoms. The molecule has 0 N–H and O–H groups in total. The first-order chi connectivity index (χ1) is 7.87. The van der Waals surface area contributed by atoms with Gasteiger partial charge in [-0.3, -0.25) is 0 Å². The maximum absolute atomic E-state index is 12.1. The fourth-order valence-electron chi connectivity index (χ4n) is 1.04. The van der Waals surface area contributed by atoms with E-state index < -0.39 is 12.2 Å². The van der Waals surface area contributed by atoms with Crippen LogP contribution in [0.3, 0.4) is 0 Å². The van der Waals surface area contributed by atoms with Gasteiger partial charge in [-0.2, -0.15) is 5.26 Å². The summed E-state index contributed by atoms with van der Waals surface area (Å²) >= 11 is 7.38. The molecule has 1 aromatic rings. The summed E-state index contributed by atoms with van der Waals surface area (Å²) in [5.74, 6) is -0.750. The second-order valence-corrected chi connectivity index (χ2v) is 4.33. The first-order valence-corrected chi connectivity index (χ1v) is 5.85. The Labute approximate surface area is 114 Å². The lowest BCUT2D eigenvalue weighted by Crippen LogP contribution is -2.19. The molecular formula is C9H5ClF3IN2O. The van der Waals surface area contributed by atoms with Crippen molar-refractivity contribution >= 4 is 34.2 Å². The molecule has 1 rings (SSSR count). The molecule has 0 spiro atoms. The summed E-state index contributed by atoms with van der Waals surface area (Å²) in [6.45, 7) is 0. The lowest BCUT2D eigenvalue weighted by molar-refractivity contribution is -0.276. The number of aromatic nitrogens is 1. The van der Waals surface area contributed by atoms with E-state index >= 15 is 0 Å². The molecule has 8 heteroatoms. The van der Waals surface area contributed by atoms with Gasteiger partial charge < -0.3 is 4.74 Å². The van der Waals surface area contributed by atoms with Crippen molar-refractivity contribution in [2.45, 2.75) is 18.7 Å². The van der Waals surface area contributed by atoms with E-state index in [0.717, 1.165) is 0 Å². The van der Waals surface area contributed by atoms with Gasteiger partial charge in [-0.15, -0.1) is 24.8 Å². The van der Waals surface area contributed by atoms with Gasteiger partial charge in [0.1, 0.15) is 0 Å². The van der Waals surface area contributed by atoms with Crippen LogP contribution in [-0.2, 0) is 12.3 Å². The highest BCUT2D eigenvalue weighted by Crippen LogP contribution is 2.28. The number of rotatable bonds is 3. The molecule has 0 aliphatic heterocycles. The van der Waals surface area contributed by atoms with Crippen LogP contribution in [0.2, 0.25) is 0 Å². The molecule has 1 heterocycles. The van der Waals surface area contributed by atoms with Crippen molar-refractivity contribution in [3.63, 3.8) is 0 Å². The number of hydrogen-bond donors (Lipinski definition) is 0. The van der Waals surface area contributed by atoms with Crippen molar-refractivity contribution in [2.75, 3.05) is 0 Å². The maximum Gasteiger partial charge on any atom is 0.574 e. The zero-order valence-corrected chi connectivity index (χ0v) is 11.1. The van der Waals surface area contributed by atoms with Gasteiger partial charge in [0.25, 0.3) is 0 Å². The Bertz CT molecular complexity index is 459. The van der Waals surface area contributed by atoms with Gasteiger partial charge in [0, 0.05) is 9.13 Å². The summed E-state index contributed by atoms with van der Waals surface area (Å²) in [5.41, 5.74) is 0.372. The summed E-state index contributed by atoms with van der Waals surface area (Å²) in [6.07, 6.45) is -4.92. The standard InChI is InChI=1S/C9H5ClF3IN2O/c10-4-5-3-6(14)7(1-2-15)16-8(5)17-9(11,12)13/h3H,1,4H2. The van der Waals surface area contributed by atoms with Crippen molar-refractivity contribution in [3.05, 3.63) is 20.9 Å². The molecule has 0 aliphatic carbocycles. The highest BCUT2D eigenvalue weighted by Gasteiger charge is 2.33. The number of pyridine rings is 1. The molecule has 0 amide bonds.